The molecule has 0 spiro atoms. The molecule has 0 fully saturated rings. The number of hydrogen-bond donors (Lipinski definition) is 0. The summed E-state index contributed by atoms with van der Waals surface area (Å²) in [6, 6.07) is 4.75. The molecule has 0 saturated carbocycles. The number of rotatable bonds is 4. The maximum absolute atomic E-state index is 12.4. The van der Waals surface area contributed by atoms with Gasteiger partial charge in [0.2, 0.25) is 0 Å². The first-order valence-electron chi connectivity index (χ1n) is 5.85. The second kappa shape index (κ2) is 5.67. The summed E-state index contributed by atoms with van der Waals surface area (Å²) in [6.07, 6.45) is -2.88. The Balaban J connectivity index is 2.90. The minimum Gasteiger partial charge on any atom is -0.229 e. The zero-order valence-corrected chi connectivity index (χ0v) is 13.7. The monoisotopic (exact) mass is 372 g/mol. The van der Waals surface area contributed by atoms with Crippen LogP contribution in [0.2, 0.25) is 0 Å². The third-order valence-corrected chi connectivity index (χ3v) is 7.37. The highest BCUT2D eigenvalue weighted by atomic mass is 79.9. The molecule has 1 aromatic carbocycles. The number of hydrogen-bond acceptors (Lipinski definition) is 2. The van der Waals surface area contributed by atoms with Gasteiger partial charge in [-0.25, -0.2) is 8.42 Å². The summed E-state index contributed by atoms with van der Waals surface area (Å²) in [4.78, 5) is -0.387. The van der Waals surface area contributed by atoms with Gasteiger partial charge in [-0.05, 0) is 38.0 Å². The highest BCUT2D eigenvalue weighted by Gasteiger charge is 2.37. The topological polar surface area (TPSA) is 34.1 Å². The first kappa shape index (κ1) is 17.5. The van der Waals surface area contributed by atoms with E-state index in [1.54, 1.807) is 13.8 Å². The molecule has 0 bridgehead atoms. The average Bonchev–Trinajstić information content (AvgIpc) is 2.26. The van der Waals surface area contributed by atoms with Crippen molar-refractivity contribution in [2.45, 2.75) is 36.0 Å². The van der Waals surface area contributed by atoms with E-state index in [4.69, 9.17) is 0 Å². The summed E-state index contributed by atoms with van der Waals surface area (Å²) >= 11 is 3.33. The second-order valence-corrected chi connectivity index (χ2v) is 8.94. The van der Waals surface area contributed by atoms with E-state index in [9.17, 15) is 21.6 Å². The third kappa shape index (κ3) is 3.97. The molecule has 114 valence electrons. The highest BCUT2D eigenvalue weighted by Crippen LogP contribution is 2.31. The van der Waals surface area contributed by atoms with Gasteiger partial charge in [0.05, 0.1) is 10.3 Å². The molecule has 1 aromatic rings. The highest BCUT2D eigenvalue weighted by molar-refractivity contribution is 9.09. The van der Waals surface area contributed by atoms with Crippen LogP contribution in [0.25, 0.3) is 0 Å². The van der Waals surface area contributed by atoms with Gasteiger partial charge in [-0.3, -0.25) is 0 Å². The van der Waals surface area contributed by atoms with Crippen molar-refractivity contribution in [3.8, 4) is 0 Å². The first-order chi connectivity index (χ1) is 8.85. The van der Waals surface area contributed by atoms with Gasteiger partial charge in [-0.2, -0.15) is 13.2 Å². The lowest BCUT2D eigenvalue weighted by atomic mass is 10.0. The lowest BCUT2D eigenvalue weighted by molar-refractivity contribution is -0.137. The number of benzene rings is 1. The van der Waals surface area contributed by atoms with Crippen LogP contribution < -0.4 is 0 Å². The Bertz CT molecular complexity index is 562. The van der Waals surface area contributed by atoms with Crippen LogP contribution in [0.4, 0.5) is 13.2 Å². The van der Waals surface area contributed by atoms with E-state index in [1.807, 2.05) is 0 Å². The van der Waals surface area contributed by atoms with Crippen LogP contribution in [0.1, 0.15) is 25.0 Å². The van der Waals surface area contributed by atoms with Crippen LogP contribution in [0.5, 0.6) is 0 Å². The smallest absolute Gasteiger partial charge is 0.229 e. The largest absolute Gasteiger partial charge is 0.416 e. The summed E-state index contributed by atoms with van der Waals surface area (Å²) in [7, 11) is -3.28. The van der Waals surface area contributed by atoms with Crippen LogP contribution in [0.3, 0.4) is 0 Å². The molecule has 1 unspecified atom stereocenters. The normalized spacial score (nSPS) is 15.2. The van der Waals surface area contributed by atoms with Crippen molar-refractivity contribution in [1.29, 1.82) is 0 Å². The van der Waals surface area contributed by atoms with Gasteiger partial charge in [-0.15, -0.1) is 0 Å². The third-order valence-electron chi connectivity index (χ3n) is 3.41. The summed E-state index contributed by atoms with van der Waals surface area (Å²) in [5.41, 5.74) is -0.0636. The van der Waals surface area contributed by atoms with Crippen molar-refractivity contribution in [2.75, 3.05) is 6.26 Å². The maximum Gasteiger partial charge on any atom is 0.416 e. The summed E-state index contributed by atoms with van der Waals surface area (Å²) < 4.78 is 59.7. The van der Waals surface area contributed by atoms with Gasteiger partial charge >= 0.3 is 6.18 Å². The average molecular weight is 373 g/mol. The van der Waals surface area contributed by atoms with Crippen LogP contribution in [-0.2, 0) is 22.4 Å². The molecule has 0 amide bonds. The summed E-state index contributed by atoms with van der Waals surface area (Å²) in [5.74, 6) is 0. The molecular weight excluding hydrogens is 357 g/mol. The van der Waals surface area contributed by atoms with Crippen LogP contribution in [-0.4, -0.2) is 24.2 Å². The lowest BCUT2D eigenvalue weighted by Gasteiger charge is -2.28. The van der Waals surface area contributed by atoms with Gasteiger partial charge in [-0.1, -0.05) is 28.1 Å². The van der Waals surface area contributed by atoms with Crippen molar-refractivity contribution < 1.29 is 21.6 Å². The number of halogens is 4. The Morgan fingerprint density at radius 2 is 1.60 bits per heavy atom. The summed E-state index contributed by atoms with van der Waals surface area (Å²) in [6.45, 7) is 3.18. The van der Waals surface area contributed by atoms with Gasteiger partial charge < -0.3 is 0 Å². The molecule has 0 aliphatic carbocycles. The van der Waals surface area contributed by atoms with Crippen molar-refractivity contribution in [2.24, 2.45) is 0 Å². The quantitative estimate of drug-likeness (QED) is 0.752. The zero-order valence-electron chi connectivity index (χ0n) is 11.3. The van der Waals surface area contributed by atoms with E-state index >= 15 is 0 Å². The summed E-state index contributed by atoms with van der Waals surface area (Å²) in [5, 5.41) is 0. The van der Waals surface area contributed by atoms with E-state index in [0.717, 1.165) is 18.4 Å². The minimum atomic E-state index is -4.36. The molecule has 0 aromatic heterocycles. The molecule has 1 atom stereocenters. The van der Waals surface area contributed by atoms with Gasteiger partial charge in [0.25, 0.3) is 0 Å². The predicted octanol–water partition coefficient (Wildman–Crippen LogP) is 3.83. The molecule has 0 aliphatic rings. The molecule has 0 radical (unpaired) electrons. The Kier molecular flexibility index (Phi) is 4.96. The lowest BCUT2D eigenvalue weighted by Crippen LogP contribution is -2.41. The van der Waals surface area contributed by atoms with Crippen LogP contribution in [0, 0.1) is 0 Å². The Morgan fingerprint density at radius 3 is 1.95 bits per heavy atom. The molecule has 0 aliphatic heterocycles. The van der Waals surface area contributed by atoms with Gasteiger partial charge in [0, 0.05) is 11.1 Å². The van der Waals surface area contributed by atoms with Crippen molar-refractivity contribution in [1.82, 2.24) is 0 Å². The first-order valence-corrected chi connectivity index (χ1v) is 8.66. The standard InChI is InChI=1S/C13H16BrF3O2S/c1-12(2,20(3,18)19)11(14)8-9-4-6-10(7-5-9)13(15,16)17/h4-7,11H,8H2,1-3H3. The van der Waals surface area contributed by atoms with Crippen LogP contribution in [0.15, 0.2) is 24.3 Å². The van der Waals surface area contributed by atoms with E-state index < -0.39 is 26.3 Å². The molecule has 7 heteroatoms. The minimum absolute atomic E-state index is 0.332. The molecule has 0 heterocycles. The molecule has 0 N–H and O–H groups in total. The van der Waals surface area contributed by atoms with Gasteiger partial charge in [0.1, 0.15) is 0 Å². The molecular formula is C13H16BrF3O2S. The van der Waals surface area contributed by atoms with Crippen molar-refractivity contribution in [3.05, 3.63) is 35.4 Å². The Hall–Kier alpha value is -0.560. The van der Waals surface area contributed by atoms with E-state index in [2.05, 4.69) is 15.9 Å². The van der Waals surface area contributed by atoms with Crippen LogP contribution >= 0.6 is 15.9 Å². The maximum atomic E-state index is 12.4. The van der Waals surface area contributed by atoms with E-state index in [1.165, 1.54) is 12.1 Å². The fraction of sp³-hybridized carbons (Fsp3) is 0.538. The molecule has 1 rings (SSSR count). The molecule has 0 saturated heterocycles. The second-order valence-electron chi connectivity index (χ2n) is 5.24. The van der Waals surface area contributed by atoms with Crippen molar-refractivity contribution >= 4 is 25.8 Å². The number of sulfone groups is 1. The number of alkyl halides is 4. The molecule has 2 nitrogen and oxygen atoms in total. The fourth-order valence-electron chi connectivity index (χ4n) is 1.51. The fourth-order valence-corrected chi connectivity index (χ4v) is 3.46. The predicted molar refractivity (Wildman–Crippen MR) is 76.8 cm³/mol. The van der Waals surface area contributed by atoms with E-state index in [-0.39, 0.29) is 4.83 Å². The SMILES string of the molecule is CC(C)(C(Br)Cc1ccc(C(F)(F)F)cc1)S(C)(=O)=O. The Labute approximate surface area is 125 Å². The van der Waals surface area contributed by atoms with Crippen molar-refractivity contribution in [3.63, 3.8) is 0 Å². The Morgan fingerprint density at radius 1 is 1.15 bits per heavy atom. The van der Waals surface area contributed by atoms with Gasteiger partial charge in [0.15, 0.2) is 9.84 Å². The zero-order chi connectivity index (χ0) is 15.8. The van der Waals surface area contributed by atoms with E-state index in [0.29, 0.717) is 12.0 Å². The molecule has 20 heavy (non-hydrogen) atoms.